The van der Waals surface area contributed by atoms with Crippen LogP contribution in [0.4, 0.5) is 0 Å². The van der Waals surface area contributed by atoms with Crippen LogP contribution in [-0.4, -0.2) is 23.1 Å². The van der Waals surface area contributed by atoms with Crippen molar-refractivity contribution in [3.8, 4) is 17.2 Å². The first-order valence-corrected chi connectivity index (χ1v) is 6.41. The highest BCUT2D eigenvalue weighted by atomic mass is 35.5. The minimum atomic E-state index is -1.10. The maximum absolute atomic E-state index is 10.5. The van der Waals surface area contributed by atoms with Crippen LogP contribution >= 0.6 is 11.6 Å². The van der Waals surface area contributed by atoms with Crippen molar-refractivity contribution in [2.24, 2.45) is 0 Å². The monoisotopic (exact) mass is 292 g/mol. The molecule has 20 heavy (non-hydrogen) atoms. The number of carbonyl (C=O) groups is 1. The molecule has 0 aliphatic rings. The summed E-state index contributed by atoms with van der Waals surface area (Å²) >= 11 is 5.55. The summed E-state index contributed by atoms with van der Waals surface area (Å²) in [5.74, 6) is 0.852. The number of carboxylic acid groups (broad SMARTS) is 1. The second-order valence-corrected chi connectivity index (χ2v) is 4.53. The summed E-state index contributed by atoms with van der Waals surface area (Å²) in [7, 11) is 0. The number of carboxylic acids is 1. The fraction of sp³-hybridized carbons (Fsp3) is 0.133. The molecule has 2 aromatic rings. The largest absolute Gasteiger partial charge is 0.491 e. The molecule has 0 spiro atoms. The van der Waals surface area contributed by atoms with E-state index in [1.165, 1.54) is 0 Å². The molecule has 0 heterocycles. The number of benzene rings is 2. The van der Waals surface area contributed by atoms with Crippen LogP contribution < -0.4 is 9.47 Å². The summed E-state index contributed by atoms with van der Waals surface area (Å²) in [6.07, 6.45) is 0. The lowest BCUT2D eigenvalue weighted by Crippen LogP contribution is -2.21. The Morgan fingerprint density at radius 2 is 1.55 bits per heavy atom. The minimum absolute atomic E-state index is 0.0875. The average Bonchev–Trinajstić information content (AvgIpc) is 2.47. The van der Waals surface area contributed by atoms with Gasteiger partial charge in [0, 0.05) is 0 Å². The van der Waals surface area contributed by atoms with Crippen molar-refractivity contribution in [3.63, 3.8) is 0 Å². The van der Waals surface area contributed by atoms with Crippen LogP contribution in [0.3, 0.4) is 0 Å². The van der Waals surface area contributed by atoms with Crippen LogP contribution in [-0.2, 0) is 4.79 Å². The van der Waals surface area contributed by atoms with Gasteiger partial charge in [0.25, 0.3) is 0 Å². The van der Waals surface area contributed by atoms with E-state index in [4.69, 9.17) is 26.2 Å². The van der Waals surface area contributed by atoms with E-state index in [-0.39, 0.29) is 6.61 Å². The van der Waals surface area contributed by atoms with Crippen molar-refractivity contribution in [2.75, 3.05) is 6.61 Å². The Bertz CT molecular complexity index is 554. The summed E-state index contributed by atoms with van der Waals surface area (Å²) in [4.78, 5) is 10.5. The van der Waals surface area contributed by atoms with Gasteiger partial charge in [-0.15, -0.1) is 11.6 Å². The van der Waals surface area contributed by atoms with Gasteiger partial charge in [0.05, 0.1) is 0 Å². The molecule has 0 aliphatic carbocycles. The molecule has 1 unspecified atom stereocenters. The molecule has 0 saturated heterocycles. The summed E-state index contributed by atoms with van der Waals surface area (Å²) < 4.78 is 10.9. The predicted octanol–water partition coefficient (Wildman–Crippen LogP) is 3.55. The topological polar surface area (TPSA) is 55.8 Å². The zero-order valence-corrected chi connectivity index (χ0v) is 11.3. The Kier molecular flexibility index (Phi) is 4.85. The molecule has 0 saturated carbocycles. The zero-order valence-electron chi connectivity index (χ0n) is 10.5. The summed E-state index contributed by atoms with van der Waals surface area (Å²) in [6.45, 7) is -0.0875. The van der Waals surface area contributed by atoms with Crippen LogP contribution in [0, 0.1) is 0 Å². The Morgan fingerprint density at radius 3 is 2.15 bits per heavy atom. The van der Waals surface area contributed by atoms with E-state index in [1.807, 2.05) is 30.3 Å². The molecule has 0 amide bonds. The highest BCUT2D eigenvalue weighted by Gasteiger charge is 2.14. The smallest absolute Gasteiger partial charge is 0.325 e. The van der Waals surface area contributed by atoms with Crippen LogP contribution in [0.5, 0.6) is 17.2 Å². The molecule has 2 aromatic carbocycles. The second-order valence-electron chi connectivity index (χ2n) is 4.00. The average molecular weight is 293 g/mol. The third kappa shape index (κ3) is 4.17. The lowest BCUT2D eigenvalue weighted by molar-refractivity contribution is -0.137. The Balaban J connectivity index is 1.91. The summed E-state index contributed by atoms with van der Waals surface area (Å²) in [5, 5.41) is 7.58. The number of hydrogen-bond acceptors (Lipinski definition) is 3. The SMILES string of the molecule is O=C(O)C(Cl)COc1ccc(Oc2ccccc2)cc1. The van der Waals surface area contributed by atoms with Gasteiger partial charge in [-0.2, -0.15) is 0 Å². The number of halogens is 1. The number of para-hydroxylation sites is 1. The molecule has 0 bridgehead atoms. The van der Waals surface area contributed by atoms with E-state index in [2.05, 4.69) is 0 Å². The van der Waals surface area contributed by atoms with Gasteiger partial charge in [-0.25, -0.2) is 0 Å². The van der Waals surface area contributed by atoms with E-state index in [1.54, 1.807) is 24.3 Å². The second kappa shape index (κ2) is 6.82. The van der Waals surface area contributed by atoms with Crippen LogP contribution in [0.25, 0.3) is 0 Å². The lowest BCUT2D eigenvalue weighted by Gasteiger charge is -2.09. The number of rotatable bonds is 6. The molecule has 4 nitrogen and oxygen atoms in total. The molecule has 1 atom stereocenters. The molecule has 0 radical (unpaired) electrons. The quantitative estimate of drug-likeness (QED) is 0.827. The van der Waals surface area contributed by atoms with E-state index in [0.29, 0.717) is 11.5 Å². The normalized spacial score (nSPS) is 11.7. The fourth-order valence-electron chi connectivity index (χ4n) is 1.47. The van der Waals surface area contributed by atoms with Crippen molar-refractivity contribution < 1.29 is 19.4 Å². The predicted molar refractivity (Wildman–Crippen MR) is 75.7 cm³/mol. The molecule has 1 N–H and O–H groups in total. The lowest BCUT2D eigenvalue weighted by atomic mass is 10.3. The Labute approximate surface area is 121 Å². The van der Waals surface area contributed by atoms with Crippen molar-refractivity contribution >= 4 is 17.6 Å². The highest BCUT2D eigenvalue weighted by molar-refractivity contribution is 6.29. The van der Waals surface area contributed by atoms with Crippen molar-refractivity contribution in [1.82, 2.24) is 0 Å². The number of aliphatic carboxylic acids is 1. The van der Waals surface area contributed by atoms with Gasteiger partial charge in [-0.1, -0.05) is 18.2 Å². The van der Waals surface area contributed by atoms with E-state index < -0.39 is 11.3 Å². The third-order valence-corrected chi connectivity index (χ3v) is 2.78. The highest BCUT2D eigenvalue weighted by Crippen LogP contribution is 2.23. The Hall–Kier alpha value is -2.20. The van der Waals surface area contributed by atoms with Crippen molar-refractivity contribution in [2.45, 2.75) is 5.38 Å². The fourth-order valence-corrected chi connectivity index (χ4v) is 1.53. The molecule has 0 aromatic heterocycles. The van der Waals surface area contributed by atoms with Gasteiger partial charge >= 0.3 is 5.97 Å². The van der Waals surface area contributed by atoms with Gasteiger partial charge in [0.1, 0.15) is 23.9 Å². The maximum Gasteiger partial charge on any atom is 0.325 e. The maximum atomic E-state index is 10.5. The van der Waals surface area contributed by atoms with E-state index in [0.717, 1.165) is 5.75 Å². The molecule has 5 heteroatoms. The minimum Gasteiger partial charge on any atom is -0.491 e. The standard InChI is InChI=1S/C15H13ClO4/c16-14(15(17)18)10-19-11-6-8-13(9-7-11)20-12-4-2-1-3-5-12/h1-9,14H,10H2,(H,17,18). The van der Waals surface area contributed by atoms with E-state index in [9.17, 15) is 4.79 Å². The Morgan fingerprint density at radius 1 is 1.00 bits per heavy atom. The first-order chi connectivity index (χ1) is 9.65. The number of hydrogen-bond donors (Lipinski definition) is 1. The molecule has 104 valence electrons. The summed E-state index contributed by atoms with van der Waals surface area (Å²) in [5.41, 5.74) is 0. The van der Waals surface area contributed by atoms with Gasteiger partial charge in [-0.05, 0) is 36.4 Å². The van der Waals surface area contributed by atoms with Crippen molar-refractivity contribution in [3.05, 3.63) is 54.6 Å². The first kappa shape index (κ1) is 14.2. The molecule has 0 fully saturated rings. The zero-order chi connectivity index (χ0) is 14.4. The van der Waals surface area contributed by atoms with Crippen LogP contribution in [0.2, 0.25) is 0 Å². The first-order valence-electron chi connectivity index (χ1n) is 5.98. The van der Waals surface area contributed by atoms with Gasteiger partial charge in [0.15, 0.2) is 5.38 Å². The molecule has 2 rings (SSSR count). The van der Waals surface area contributed by atoms with Gasteiger partial charge in [0.2, 0.25) is 0 Å². The number of ether oxygens (including phenoxy) is 2. The van der Waals surface area contributed by atoms with Crippen molar-refractivity contribution in [1.29, 1.82) is 0 Å². The van der Waals surface area contributed by atoms with Gasteiger partial charge in [-0.3, -0.25) is 4.79 Å². The van der Waals surface area contributed by atoms with Crippen LogP contribution in [0.15, 0.2) is 54.6 Å². The number of alkyl halides is 1. The molecular formula is C15H13ClO4. The van der Waals surface area contributed by atoms with E-state index >= 15 is 0 Å². The molecular weight excluding hydrogens is 280 g/mol. The van der Waals surface area contributed by atoms with Gasteiger partial charge < -0.3 is 14.6 Å². The third-order valence-electron chi connectivity index (χ3n) is 2.47. The summed E-state index contributed by atoms with van der Waals surface area (Å²) in [6, 6.07) is 16.3. The molecule has 0 aliphatic heterocycles. The van der Waals surface area contributed by atoms with Crippen LogP contribution in [0.1, 0.15) is 0 Å².